The molecule has 118 valence electrons. The summed E-state index contributed by atoms with van der Waals surface area (Å²) in [6, 6.07) is 6.48. The van der Waals surface area contributed by atoms with E-state index in [-0.39, 0.29) is 18.0 Å². The Bertz CT molecular complexity index is 766. The lowest BCUT2D eigenvalue weighted by Crippen LogP contribution is -2.30. The smallest absolute Gasteiger partial charge is 0.243 e. The zero-order valence-electron chi connectivity index (χ0n) is 11.8. The van der Waals surface area contributed by atoms with Crippen molar-refractivity contribution in [2.45, 2.75) is 24.1 Å². The van der Waals surface area contributed by atoms with Crippen LogP contribution < -0.4 is 0 Å². The quantitative estimate of drug-likeness (QED) is 0.920. The van der Waals surface area contributed by atoms with Gasteiger partial charge in [0.15, 0.2) is 5.76 Å². The molecule has 22 heavy (non-hydrogen) atoms. The summed E-state index contributed by atoms with van der Waals surface area (Å²) in [5, 5.41) is 13.0. The molecule has 1 fully saturated rings. The summed E-state index contributed by atoms with van der Waals surface area (Å²) in [6.45, 7) is 1.08. The van der Waals surface area contributed by atoms with Crippen LogP contribution in [0.1, 0.15) is 5.56 Å². The molecular weight excluding hydrogens is 311 g/mol. The molecule has 3 rings (SSSR count). The summed E-state index contributed by atoms with van der Waals surface area (Å²) in [4.78, 5) is 0.0719. The number of aromatic nitrogens is 1. The normalized spacial score (nSPS) is 23.0. The Labute approximate surface area is 127 Å². The maximum atomic E-state index is 13.4. The van der Waals surface area contributed by atoms with Gasteiger partial charge in [0.05, 0.1) is 11.1 Å². The van der Waals surface area contributed by atoms with Gasteiger partial charge in [0, 0.05) is 24.7 Å². The van der Waals surface area contributed by atoms with Gasteiger partial charge in [-0.1, -0.05) is 17.3 Å². The van der Waals surface area contributed by atoms with E-state index in [1.165, 1.54) is 12.3 Å². The number of aliphatic hydroxyl groups is 1. The van der Waals surface area contributed by atoms with Crippen LogP contribution in [0.4, 0.5) is 4.39 Å². The van der Waals surface area contributed by atoms with Crippen LogP contribution >= 0.6 is 0 Å². The van der Waals surface area contributed by atoms with Crippen LogP contribution in [-0.4, -0.2) is 48.4 Å². The third kappa shape index (κ3) is 2.53. The molecule has 0 amide bonds. The second kappa shape index (κ2) is 5.45. The number of rotatable bonds is 3. The Balaban J connectivity index is 2.02. The molecular formula is C14H15FN2O4S. The third-order valence-electron chi connectivity index (χ3n) is 3.71. The van der Waals surface area contributed by atoms with Crippen LogP contribution in [0, 0.1) is 6.92 Å². The zero-order valence-corrected chi connectivity index (χ0v) is 12.6. The van der Waals surface area contributed by atoms with Crippen molar-refractivity contribution < 1.29 is 22.4 Å². The molecule has 0 aliphatic carbocycles. The number of halogens is 1. The summed E-state index contributed by atoms with van der Waals surface area (Å²) in [5.74, 6) is 0.446. The van der Waals surface area contributed by atoms with E-state index in [1.807, 2.05) is 0 Å². The highest BCUT2D eigenvalue weighted by Gasteiger charge is 2.39. The molecule has 0 radical (unpaired) electrons. The van der Waals surface area contributed by atoms with Crippen molar-refractivity contribution in [1.29, 1.82) is 0 Å². The molecule has 0 bridgehead atoms. The number of aliphatic hydroxyl groups excluding tert-OH is 1. The standard InChI is InChI=1S/C14H15FN2O4S/c1-9-2-3-10(13-4-5-16-21-13)6-14(9)22(19,20)17-7-11(15)12(18)8-17/h2-6,11-12,18H,7-8H2,1H3/t11-,12-/m1/s1. The van der Waals surface area contributed by atoms with Crippen LogP contribution in [0.25, 0.3) is 11.3 Å². The molecule has 0 spiro atoms. The molecule has 0 saturated carbocycles. The van der Waals surface area contributed by atoms with Gasteiger partial charge in [0.1, 0.15) is 12.3 Å². The van der Waals surface area contributed by atoms with Gasteiger partial charge in [-0.15, -0.1) is 0 Å². The van der Waals surface area contributed by atoms with E-state index >= 15 is 0 Å². The van der Waals surface area contributed by atoms with Gasteiger partial charge in [-0.05, 0) is 18.6 Å². The van der Waals surface area contributed by atoms with Crippen LogP contribution in [0.5, 0.6) is 0 Å². The van der Waals surface area contributed by atoms with Crippen molar-refractivity contribution in [1.82, 2.24) is 9.46 Å². The van der Waals surface area contributed by atoms with Gasteiger partial charge in [-0.25, -0.2) is 12.8 Å². The number of alkyl halides is 1. The summed E-state index contributed by atoms with van der Waals surface area (Å²) >= 11 is 0. The fourth-order valence-electron chi connectivity index (χ4n) is 2.45. The highest BCUT2D eigenvalue weighted by molar-refractivity contribution is 7.89. The molecule has 0 unspecified atom stereocenters. The van der Waals surface area contributed by atoms with E-state index < -0.39 is 22.3 Å². The molecule has 6 nitrogen and oxygen atoms in total. The zero-order chi connectivity index (χ0) is 15.9. The number of β-amino-alcohol motifs (C(OH)–C–C–N with tert-alkyl or cyclic N) is 1. The van der Waals surface area contributed by atoms with Crippen LogP contribution in [0.15, 0.2) is 39.9 Å². The van der Waals surface area contributed by atoms with Crippen molar-refractivity contribution >= 4 is 10.0 Å². The number of hydrogen-bond donors (Lipinski definition) is 1. The second-order valence-electron chi connectivity index (χ2n) is 5.26. The molecule has 1 aliphatic rings. The molecule has 1 aromatic carbocycles. The number of aryl methyl sites for hydroxylation is 1. The fraction of sp³-hybridized carbons (Fsp3) is 0.357. The van der Waals surface area contributed by atoms with Gasteiger partial charge in [0.25, 0.3) is 0 Å². The van der Waals surface area contributed by atoms with Gasteiger partial charge in [-0.3, -0.25) is 0 Å². The van der Waals surface area contributed by atoms with Gasteiger partial charge in [-0.2, -0.15) is 4.31 Å². The Morgan fingerprint density at radius 2 is 2.14 bits per heavy atom. The number of hydrogen-bond acceptors (Lipinski definition) is 5. The Morgan fingerprint density at radius 3 is 2.73 bits per heavy atom. The van der Waals surface area contributed by atoms with Crippen molar-refractivity contribution in [2.24, 2.45) is 0 Å². The van der Waals surface area contributed by atoms with Crippen LogP contribution in [0.2, 0.25) is 0 Å². The van der Waals surface area contributed by atoms with Gasteiger partial charge < -0.3 is 9.63 Å². The van der Waals surface area contributed by atoms with E-state index in [0.29, 0.717) is 16.9 Å². The first-order valence-electron chi connectivity index (χ1n) is 6.73. The summed E-state index contributed by atoms with van der Waals surface area (Å²) < 4.78 is 44.8. The Morgan fingerprint density at radius 1 is 1.36 bits per heavy atom. The van der Waals surface area contributed by atoms with E-state index in [4.69, 9.17) is 4.52 Å². The minimum Gasteiger partial charge on any atom is -0.389 e. The molecule has 1 N–H and O–H groups in total. The SMILES string of the molecule is Cc1ccc(-c2ccno2)cc1S(=O)(=O)N1C[C@@H](O)[C@H](F)C1. The minimum absolute atomic E-state index is 0.0719. The maximum Gasteiger partial charge on any atom is 0.243 e. The monoisotopic (exact) mass is 326 g/mol. The van der Waals surface area contributed by atoms with E-state index in [1.54, 1.807) is 25.1 Å². The molecule has 2 heterocycles. The van der Waals surface area contributed by atoms with Gasteiger partial charge in [0.2, 0.25) is 10.0 Å². The predicted molar refractivity (Wildman–Crippen MR) is 76.3 cm³/mol. The molecule has 1 aromatic heterocycles. The fourth-order valence-corrected chi connectivity index (χ4v) is 4.16. The maximum absolute atomic E-state index is 13.4. The first kappa shape index (κ1) is 15.1. The molecule has 1 aliphatic heterocycles. The largest absolute Gasteiger partial charge is 0.389 e. The lowest BCUT2D eigenvalue weighted by Gasteiger charge is -2.17. The topological polar surface area (TPSA) is 83.6 Å². The lowest BCUT2D eigenvalue weighted by atomic mass is 10.1. The van der Waals surface area contributed by atoms with Crippen molar-refractivity contribution in [3.8, 4) is 11.3 Å². The molecule has 1 saturated heterocycles. The average Bonchev–Trinajstić information content (AvgIpc) is 3.10. The average molecular weight is 326 g/mol. The van der Waals surface area contributed by atoms with Crippen LogP contribution in [-0.2, 0) is 10.0 Å². The molecule has 2 atom stereocenters. The lowest BCUT2D eigenvalue weighted by molar-refractivity contribution is 0.117. The first-order chi connectivity index (χ1) is 10.4. The first-order valence-corrected chi connectivity index (χ1v) is 8.17. The summed E-state index contributed by atoms with van der Waals surface area (Å²) in [5.41, 5.74) is 1.11. The number of nitrogens with zero attached hydrogens (tertiary/aromatic N) is 2. The summed E-state index contributed by atoms with van der Waals surface area (Å²) in [7, 11) is -3.88. The van der Waals surface area contributed by atoms with E-state index in [0.717, 1.165) is 4.31 Å². The van der Waals surface area contributed by atoms with Crippen molar-refractivity contribution in [3.05, 3.63) is 36.0 Å². The Hall–Kier alpha value is -1.77. The Kier molecular flexibility index (Phi) is 3.75. The number of sulfonamides is 1. The highest BCUT2D eigenvalue weighted by Crippen LogP contribution is 2.29. The molecule has 2 aromatic rings. The third-order valence-corrected chi connectivity index (χ3v) is 5.69. The van der Waals surface area contributed by atoms with Crippen LogP contribution in [0.3, 0.4) is 0 Å². The summed E-state index contributed by atoms with van der Waals surface area (Å²) in [6.07, 6.45) is -1.38. The van der Waals surface area contributed by atoms with E-state index in [9.17, 15) is 17.9 Å². The van der Waals surface area contributed by atoms with Crippen molar-refractivity contribution in [3.63, 3.8) is 0 Å². The highest BCUT2D eigenvalue weighted by atomic mass is 32.2. The van der Waals surface area contributed by atoms with Gasteiger partial charge >= 0.3 is 0 Å². The molecule has 8 heteroatoms. The van der Waals surface area contributed by atoms with E-state index in [2.05, 4.69) is 5.16 Å². The van der Waals surface area contributed by atoms with Crippen molar-refractivity contribution in [2.75, 3.05) is 13.1 Å². The minimum atomic E-state index is -3.88. The number of benzene rings is 1. The predicted octanol–water partition coefficient (Wildman–Crippen LogP) is 1.35. The second-order valence-corrected chi connectivity index (χ2v) is 7.17.